The number of rotatable bonds is 8. The first-order valence-corrected chi connectivity index (χ1v) is 14.1. The van der Waals surface area contributed by atoms with E-state index in [-0.39, 0.29) is 11.4 Å². The van der Waals surface area contributed by atoms with Crippen LogP contribution in [0.4, 0.5) is 0 Å². The van der Waals surface area contributed by atoms with Gasteiger partial charge in [-0.1, -0.05) is 36.4 Å². The Balaban J connectivity index is 0.000000610. The molecule has 4 aromatic rings. The van der Waals surface area contributed by atoms with Gasteiger partial charge < -0.3 is 24.6 Å². The number of benzene rings is 2. The molecule has 1 saturated heterocycles. The molecule has 0 atom stereocenters. The average Bonchev–Trinajstić information content (AvgIpc) is 3.71. The Kier molecular flexibility index (Phi) is 9.28. The van der Waals surface area contributed by atoms with E-state index in [2.05, 4.69) is 28.6 Å². The van der Waals surface area contributed by atoms with Crippen molar-refractivity contribution >= 4 is 5.97 Å². The number of aryl methyl sites for hydroxylation is 1. The van der Waals surface area contributed by atoms with E-state index in [0.29, 0.717) is 24.7 Å². The van der Waals surface area contributed by atoms with Crippen LogP contribution in [0, 0.1) is 6.92 Å². The van der Waals surface area contributed by atoms with Crippen LogP contribution in [0.3, 0.4) is 0 Å². The Morgan fingerprint density at radius 3 is 2.66 bits per heavy atom. The lowest BCUT2D eigenvalue weighted by atomic mass is 9.99. The zero-order chi connectivity index (χ0) is 28.6. The molecule has 2 aliphatic heterocycles. The quantitative estimate of drug-likeness (QED) is 0.299. The number of hydrogen-bond acceptors (Lipinski definition) is 7. The van der Waals surface area contributed by atoms with Crippen molar-refractivity contribution in [2.24, 2.45) is 0 Å². The van der Waals surface area contributed by atoms with Gasteiger partial charge in [0.15, 0.2) is 5.82 Å². The summed E-state index contributed by atoms with van der Waals surface area (Å²) in [5, 5.41) is 17.1. The summed E-state index contributed by atoms with van der Waals surface area (Å²) in [5.41, 5.74) is 6.39. The molecule has 0 saturated carbocycles. The topological polar surface area (TPSA) is 108 Å². The van der Waals surface area contributed by atoms with Crippen molar-refractivity contribution in [3.05, 3.63) is 88.6 Å². The number of nitrogens with zero attached hydrogens (tertiary/aromatic N) is 3. The Labute approximate surface area is 240 Å². The normalized spacial score (nSPS) is 14.1. The summed E-state index contributed by atoms with van der Waals surface area (Å²) >= 11 is 0. The van der Waals surface area contributed by atoms with Gasteiger partial charge in [0, 0.05) is 25.3 Å². The third kappa shape index (κ3) is 6.75. The third-order valence-corrected chi connectivity index (χ3v) is 7.04. The number of carbonyl (C=O) groups is 1. The second kappa shape index (κ2) is 13.4. The standard InChI is InChI=1S/C28H28N4O4.C4H8O/c1-3-35-27-23(28(33)34)16-30-32(27)25-9-5-8-24(31-25)22-7-4-6-18(2)26(22)36-17-19-10-11-21-15-29-13-12-20(21)14-19;1-2-4-5-3-1/h4-11,14,16,29H,3,12-13,15,17H2,1-2H3,(H,33,34);1-4H2. The number of fused-ring (bicyclic) bond motifs is 1. The summed E-state index contributed by atoms with van der Waals surface area (Å²) < 4.78 is 18.3. The number of carboxylic acids is 1. The van der Waals surface area contributed by atoms with Crippen LogP contribution in [-0.4, -0.2) is 52.2 Å². The highest BCUT2D eigenvalue weighted by Gasteiger charge is 2.21. The molecular weight excluding hydrogens is 520 g/mol. The Morgan fingerprint density at radius 2 is 1.90 bits per heavy atom. The second-order valence-electron chi connectivity index (χ2n) is 9.98. The minimum Gasteiger partial charge on any atom is -0.488 e. The monoisotopic (exact) mass is 556 g/mol. The number of para-hydroxylation sites is 1. The van der Waals surface area contributed by atoms with Gasteiger partial charge in [0.25, 0.3) is 0 Å². The third-order valence-electron chi connectivity index (χ3n) is 7.04. The lowest BCUT2D eigenvalue weighted by Crippen LogP contribution is -2.23. The number of ether oxygens (including phenoxy) is 3. The number of nitrogens with one attached hydrogen (secondary N) is 1. The van der Waals surface area contributed by atoms with Gasteiger partial charge in [0.05, 0.1) is 18.5 Å². The molecule has 9 nitrogen and oxygen atoms in total. The van der Waals surface area contributed by atoms with E-state index in [4.69, 9.17) is 19.2 Å². The van der Waals surface area contributed by atoms with Gasteiger partial charge >= 0.3 is 5.97 Å². The second-order valence-corrected chi connectivity index (χ2v) is 9.98. The van der Waals surface area contributed by atoms with E-state index in [1.807, 2.05) is 37.3 Å². The van der Waals surface area contributed by atoms with Crippen LogP contribution in [0.1, 0.15) is 52.4 Å². The highest BCUT2D eigenvalue weighted by atomic mass is 16.5. The molecule has 2 aliphatic rings. The summed E-state index contributed by atoms with van der Waals surface area (Å²) in [4.78, 5) is 16.4. The van der Waals surface area contributed by atoms with Crippen LogP contribution in [0.5, 0.6) is 11.6 Å². The molecule has 0 radical (unpaired) electrons. The molecule has 0 spiro atoms. The molecule has 6 rings (SSSR count). The van der Waals surface area contributed by atoms with Crippen molar-refractivity contribution in [2.75, 3.05) is 26.4 Å². The zero-order valence-corrected chi connectivity index (χ0v) is 23.6. The van der Waals surface area contributed by atoms with Gasteiger partial charge in [-0.05, 0) is 80.1 Å². The Bertz CT molecular complexity index is 1490. The molecule has 0 bridgehead atoms. The van der Waals surface area contributed by atoms with E-state index in [1.165, 1.54) is 34.8 Å². The lowest BCUT2D eigenvalue weighted by molar-refractivity contribution is 0.0692. The van der Waals surface area contributed by atoms with Crippen molar-refractivity contribution < 1.29 is 24.1 Å². The molecule has 0 unspecified atom stereocenters. The summed E-state index contributed by atoms with van der Waals surface area (Å²) in [5.74, 6) is 0.268. The number of carboxylic acid groups (broad SMARTS) is 1. The molecule has 4 heterocycles. The van der Waals surface area contributed by atoms with Gasteiger partial charge in [0.1, 0.15) is 17.9 Å². The predicted molar refractivity (Wildman–Crippen MR) is 156 cm³/mol. The largest absolute Gasteiger partial charge is 0.488 e. The molecule has 2 aromatic carbocycles. The van der Waals surface area contributed by atoms with Crippen molar-refractivity contribution in [2.45, 2.75) is 46.3 Å². The molecule has 0 amide bonds. The molecule has 1 fully saturated rings. The van der Waals surface area contributed by atoms with Gasteiger partial charge in [-0.15, -0.1) is 0 Å². The smallest absolute Gasteiger partial charge is 0.342 e. The van der Waals surface area contributed by atoms with Crippen LogP contribution in [0.25, 0.3) is 17.1 Å². The maximum absolute atomic E-state index is 11.6. The van der Waals surface area contributed by atoms with E-state index in [9.17, 15) is 9.90 Å². The highest BCUT2D eigenvalue weighted by molar-refractivity contribution is 5.90. The maximum atomic E-state index is 11.6. The van der Waals surface area contributed by atoms with Crippen LogP contribution < -0.4 is 14.8 Å². The van der Waals surface area contributed by atoms with E-state index in [0.717, 1.165) is 55.2 Å². The minimum atomic E-state index is -1.10. The molecule has 2 aromatic heterocycles. The summed E-state index contributed by atoms with van der Waals surface area (Å²) in [6.07, 6.45) is 4.85. The minimum absolute atomic E-state index is 0.00976. The number of aromatic carboxylic acids is 1. The van der Waals surface area contributed by atoms with Gasteiger partial charge in [-0.25, -0.2) is 9.78 Å². The number of aromatic nitrogens is 3. The lowest BCUT2D eigenvalue weighted by Gasteiger charge is -2.19. The van der Waals surface area contributed by atoms with E-state index in [1.54, 1.807) is 13.0 Å². The Morgan fingerprint density at radius 1 is 1.07 bits per heavy atom. The van der Waals surface area contributed by atoms with Crippen LogP contribution in [0.15, 0.2) is 60.8 Å². The first-order valence-electron chi connectivity index (χ1n) is 14.1. The predicted octanol–water partition coefficient (Wildman–Crippen LogP) is 5.36. The van der Waals surface area contributed by atoms with Gasteiger partial charge in [0.2, 0.25) is 5.88 Å². The molecule has 41 heavy (non-hydrogen) atoms. The first-order chi connectivity index (χ1) is 20.0. The van der Waals surface area contributed by atoms with Crippen LogP contribution >= 0.6 is 0 Å². The number of hydrogen-bond donors (Lipinski definition) is 2. The molecular formula is C32H36N4O5. The fraction of sp³-hybridized carbons (Fsp3) is 0.344. The summed E-state index contributed by atoms with van der Waals surface area (Å²) in [7, 11) is 0. The summed E-state index contributed by atoms with van der Waals surface area (Å²) in [6, 6.07) is 18.0. The fourth-order valence-corrected chi connectivity index (χ4v) is 4.95. The van der Waals surface area contributed by atoms with Gasteiger partial charge in [-0.2, -0.15) is 9.78 Å². The molecule has 214 valence electrons. The average molecular weight is 557 g/mol. The fourth-order valence-electron chi connectivity index (χ4n) is 4.95. The number of pyridine rings is 1. The summed E-state index contributed by atoms with van der Waals surface area (Å²) in [6.45, 7) is 8.48. The molecule has 2 N–H and O–H groups in total. The van der Waals surface area contributed by atoms with Crippen LogP contribution in [0.2, 0.25) is 0 Å². The SMILES string of the molecule is C1CCOC1.CCOc1c(C(=O)O)cnn1-c1cccc(-c2cccc(C)c2OCc2ccc3c(c2)CCNC3)n1. The highest BCUT2D eigenvalue weighted by Crippen LogP contribution is 2.34. The van der Waals surface area contributed by atoms with E-state index < -0.39 is 5.97 Å². The van der Waals surface area contributed by atoms with Crippen LogP contribution in [-0.2, 0) is 24.3 Å². The van der Waals surface area contributed by atoms with Crippen molar-refractivity contribution in [3.8, 4) is 28.7 Å². The first kappa shape index (κ1) is 28.3. The van der Waals surface area contributed by atoms with Crippen molar-refractivity contribution in [1.82, 2.24) is 20.1 Å². The van der Waals surface area contributed by atoms with E-state index >= 15 is 0 Å². The molecule has 9 heteroatoms. The molecule has 0 aliphatic carbocycles. The Hall–Kier alpha value is -4.21. The van der Waals surface area contributed by atoms with Crippen molar-refractivity contribution in [3.63, 3.8) is 0 Å². The maximum Gasteiger partial charge on any atom is 0.342 e. The van der Waals surface area contributed by atoms with Crippen molar-refractivity contribution in [1.29, 1.82) is 0 Å². The zero-order valence-electron chi connectivity index (χ0n) is 23.6. The van der Waals surface area contributed by atoms with Gasteiger partial charge in [-0.3, -0.25) is 0 Å².